The summed E-state index contributed by atoms with van der Waals surface area (Å²) in [6, 6.07) is 7.51. The van der Waals surface area contributed by atoms with Crippen molar-refractivity contribution in [2.75, 3.05) is 6.61 Å². The highest BCUT2D eigenvalue weighted by Gasteiger charge is 1.97. The highest BCUT2D eigenvalue weighted by Crippen LogP contribution is 2.12. The monoisotopic (exact) mass is 233 g/mol. The number of pyridine rings is 1. The van der Waals surface area contributed by atoms with Gasteiger partial charge in [0.1, 0.15) is 11.4 Å². The summed E-state index contributed by atoms with van der Waals surface area (Å²) in [5, 5.41) is 2.05. The molecule has 16 heavy (non-hydrogen) atoms. The molecule has 0 aliphatic rings. The molecular formula is C12H11NO2S. The zero-order chi connectivity index (χ0) is 11.2. The van der Waals surface area contributed by atoms with Crippen molar-refractivity contribution in [3.8, 4) is 5.75 Å². The molecule has 0 radical (unpaired) electrons. The Morgan fingerprint density at radius 1 is 1.38 bits per heavy atom. The Bertz CT molecular complexity index is 437. The number of ether oxygens (including phenoxy) is 1. The zero-order valence-electron chi connectivity index (χ0n) is 8.63. The van der Waals surface area contributed by atoms with E-state index in [-0.39, 0.29) is 0 Å². The van der Waals surface area contributed by atoms with E-state index < -0.39 is 0 Å². The molecule has 0 saturated heterocycles. The van der Waals surface area contributed by atoms with E-state index in [0.29, 0.717) is 18.1 Å². The fraction of sp³-hybridized carbons (Fsp3) is 0.167. The summed E-state index contributed by atoms with van der Waals surface area (Å²) < 4.78 is 5.51. The molecule has 0 spiro atoms. The number of aldehydes is 1. The molecule has 0 amide bonds. The van der Waals surface area contributed by atoms with Crippen LogP contribution in [0.25, 0.3) is 0 Å². The van der Waals surface area contributed by atoms with Gasteiger partial charge < -0.3 is 4.74 Å². The molecule has 0 fully saturated rings. The number of hydrogen-bond donors (Lipinski definition) is 0. The van der Waals surface area contributed by atoms with Crippen molar-refractivity contribution in [2.24, 2.45) is 0 Å². The summed E-state index contributed by atoms with van der Waals surface area (Å²) in [6.45, 7) is 0.628. The van der Waals surface area contributed by atoms with Gasteiger partial charge in [0, 0.05) is 11.3 Å². The maximum Gasteiger partial charge on any atom is 0.168 e. The molecule has 0 atom stereocenters. The van der Waals surface area contributed by atoms with Gasteiger partial charge in [-0.3, -0.25) is 4.79 Å². The summed E-state index contributed by atoms with van der Waals surface area (Å²) in [6.07, 6.45) is 3.18. The third-order valence-corrected chi connectivity index (χ3v) is 3.01. The lowest BCUT2D eigenvalue weighted by Crippen LogP contribution is -2.00. The molecule has 0 aromatic carbocycles. The molecule has 82 valence electrons. The van der Waals surface area contributed by atoms with E-state index in [1.165, 1.54) is 4.88 Å². The maximum atomic E-state index is 10.4. The van der Waals surface area contributed by atoms with E-state index in [2.05, 4.69) is 16.4 Å². The second-order valence-electron chi connectivity index (χ2n) is 3.21. The highest BCUT2D eigenvalue weighted by molar-refractivity contribution is 7.09. The Kier molecular flexibility index (Phi) is 3.66. The van der Waals surface area contributed by atoms with Gasteiger partial charge in [0.05, 0.1) is 12.8 Å². The highest BCUT2D eigenvalue weighted by atomic mass is 32.1. The van der Waals surface area contributed by atoms with E-state index in [1.807, 2.05) is 6.07 Å². The van der Waals surface area contributed by atoms with Gasteiger partial charge in [-0.05, 0) is 23.6 Å². The minimum atomic E-state index is 0.422. The van der Waals surface area contributed by atoms with Crippen LogP contribution in [-0.4, -0.2) is 17.9 Å². The number of hydrogen-bond acceptors (Lipinski definition) is 4. The molecule has 0 N–H and O–H groups in total. The van der Waals surface area contributed by atoms with Crippen LogP contribution in [0.1, 0.15) is 15.4 Å². The van der Waals surface area contributed by atoms with Crippen LogP contribution in [0.15, 0.2) is 35.8 Å². The van der Waals surface area contributed by atoms with Crippen LogP contribution in [0.4, 0.5) is 0 Å². The predicted octanol–water partition coefficient (Wildman–Crippen LogP) is 2.58. The van der Waals surface area contributed by atoms with Gasteiger partial charge in [0.25, 0.3) is 0 Å². The quantitative estimate of drug-likeness (QED) is 0.745. The van der Waals surface area contributed by atoms with Crippen molar-refractivity contribution in [1.29, 1.82) is 0 Å². The number of thiophene rings is 1. The van der Waals surface area contributed by atoms with Crippen LogP contribution in [-0.2, 0) is 6.42 Å². The summed E-state index contributed by atoms with van der Waals surface area (Å²) in [4.78, 5) is 15.6. The van der Waals surface area contributed by atoms with Gasteiger partial charge in [-0.2, -0.15) is 0 Å². The number of carbonyl (C=O) groups is 1. The topological polar surface area (TPSA) is 39.2 Å². The lowest BCUT2D eigenvalue weighted by atomic mass is 10.3. The van der Waals surface area contributed by atoms with Gasteiger partial charge in [0.2, 0.25) is 0 Å². The maximum absolute atomic E-state index is 10.4. The standard InChI is InChI=1S/C12H11NO2S/c14-9-10-3-4-11(8-13-10)15-6-5-12-2-1-7-16-12/h1-4,7-9H,5-6H2. The molecule has 0 aliphatic heterocycles. The number of aromatic nitrogens is 1. The first kappa shape index (κ1) is 10.8. The Morgan fingerprint density at radius 2 is 2.31 bits per heavy atom. The smallest absolute Gasteiger partial charge is 0.168 e. The number of nitrogens with zero attached hydrogens (tertiary/aromatic N) is 1. The normalized spacial score (nSPS) is 10.0. The lowest BCUT2D eigenvalue weighted by Gasteiger charge is -2.04. The fourth-order valence-corrected chi connectivity index (χ4v) is 1.96. The molecule has 4 heteroatoms. The molecule has 0 saturated carbocycles. The van der Waals surface area contributed by atoms with Crippen molar-refractivity contribution in [2.45, 2.75) is 6.42 Å². The molecule has 2 rings (SSSR count). The van der Waals surface area contributed by atoms with Crippen LogP contribution in [0.3, 0.4) is 0 Å². The third kappa shape index (κ3) is 2.90. The molecular weight excluding hydrogens is 222 g/mol. The minimum Gasteiger partial charge on any atom is -0.492 e. The van der Waals surface area contributed by atoms with Crippen LogP contribution in [0.5, 0.6) is 5.75 Å². The van der Waals surface area contributed by atoms with Crippen LogP contribution in [0.2, 0.25) is 0 Å². The second kappa shape index (κ2) is 5.42. The van der Waals surface area contributed by atoms with E-state index >= 15 is 0 Å². The molecule has 0 aliphatic carbocycles. The average molecular weight is 233 g/mol. The largest absolute Gasteiger partial charge is 0.492 e. The first-order valence-corrected chi connectivity index (χ1v) is 5.83. The van der Waals surface area contributed by atoms with Gasteiger partial charge >= 0.3 is 0 Å². The lowest BCUT2D eigenvalue weighted by molar-refractivity contribution is 0.111. The summed E-state index contributed by atoms with van der Waals surface area (Å²) in [5.74, 6) is 0.696. The Balaban J connectivity index is 1.83. The van der Waals surface area contributed by atoms with Gasteiger partial charge in [-0.15, -0.1) is 11.3 Å². The molecule has 2 aromatic heterocycles. The Morgan fingerprint density at radius 3 is 2.94 bits per heavy atom. The van der Waals surface area contributed by atoms with E-state index in [4.69, 9.17) is 4.74 Å². The predicted molar refractivity (Wildman–Crippen MR) is 63.1 cm³/mol. The fourth-order valence-electron chi connectivity index (χ4n) is 1.27. The Hall–Kier alpha value is -1.68. The summed E-state index contributed by atoms with van der Waals surface area (Å²) >= 11 is 1.72. The van der Waals surface area contributed by atoms with Crippen molar-refractivity contribution >= 4 is 17.6 Å². The summed E-state index contributed by atoms with van der Waals surface area (Å²) in [5.41, 5.74) is 0.422. The van der Waals surface area contributed by atoms with E-state index in [0.717, 1.165) is 12.7 Å². The van der Waals surface area contributed by atoms with Crippen molar-refractivity contribution in [3.05, 3.63) is 46.4 Å². The minimum absolute atomic E-state index is 0.422. The summed E-state index contributed by atoms with van der Waals surface area (Å²) in [7, 11) is 0. The van der Waals surface area contributed by atoms with Crippen molar-refractivity contribution in [1.82, 2.24) is 4.98 Å². The van der Waals surface area contributed by atoms with E-state index in [1.54, 1.807) is 29.7 Å². The Labute approximate surface area is 97.7 Å². The van der Waals surface area contributed by atoms with Crippen LogP contribution in [0, 0.1) is 0 Å². The van der Waals surface area contributed by atoms with Crippen molar-refractivity contribution in [3.63, 3.8) is 0 Å². The number of carbonyl (C=O) groups excluding carboxylic acids is 1. The van der Waals surface area contributed by atoms with Crippen LogP contribution >= 0.6 is 11.3 Å². The van der Waals surface area contributed by atoms with Gasteiger partial charge in [-0.25, -0.2) is 4.98 Å². The van der Waals surface area contributed by atoms with Crippen LogP contribution < -0.4 is 4.74 Å². The average Bonchev–Trinajstić information content (AvgIpc) is 2.83. The zero-order valence-corrected chi connectivity index (χ0v) is 9.44. The first-order valence-electron chi connectivity index (χ1n) is 4.95. The first-order chi connectivity index (χ1) is 7.88. The molecule has 2 heterocycles. The molecule has 3 nitrogen and oxygen atoms in total. The second-order valence-corrected chi connectivity index (χ2v) is 4.25. The van der Waals surface area contributed by atoms with E-state index in [9.17, 15) is 4.79 Å². The number of rotatable bonds is 5. The third-order valence-electron chi connectivity index (χ3n) is 2.08. The van der Waals surface area contributed by atoms with Gasteiger partial charge in [-0.1, -0.05) is 6.07 Å². The SMILES string of the molecule is O=Cc1ccc(OCCc2cccs2)cn1. The van der Waals surface area contributed by atoms with Gasteiger partial charge in [0.15, 0.2) is 6.29 Å². The molecule has 0 bridgehead atoms. The molecule has 2 aromatic rings. The molecule has 0 unspecified atom stereocenters. The van der Waals surface area contributed by atoms with Crippen molar-refractivity contribution < 1.29 is 9.53 Å².